The Morgan fingerprint density at radius 3 is 2.54 bits per heavy atom. The highest BCUT2D eigenvalue weighted by molar-refractivity contribution is 9.10. The molecule has 0 aliphatic heterocycles. The maximum absolute atomic E-state index is 12.9. The normalized spacial score (nSPS) is 22.8. The maximum Gasteiger partial charge on any atom is 0.404 e. The molecule has 2 aliphatic rings. The zero-order valence-electron chi connectivity index (χ0n) is 15.1. The van der Waals surface area contributed by atoms with Gasteiger partial charge in [-0.2, -0.15) is 0 Å². The van der Waals surface area contributed by atoms with Gasteiger partial charge in [-0.1, -0.05) is 22.0 Å². The summed E-state index contributed by atoms with van der Waals surface area (Å²) in [5, 5.41) is 0.749. The highest BCUT2D eigenvalue weighted by Crippen LogP contribution is 2.43. The van der Waals surface area contributed by atoms with E-state index in [1.807, 2.05) is 12.1 Å². The van der Waals surface area contributed by atoms with Crippen LogP contribution in [0.25, 0.3) is 10.4 Å². The van der Waals surface area contributed by atoms with Crippen molar-refractivity contribution in [2.45, 2.75) is 60.7 Å². The van der Waals surface area contributed by atoms with Crippen LogP contribution in [0.15, 0.2) is 33.8 Å². The molecule has 1 heterocycles. The number of benzene rings is 1. The number of carbonyl (C=O) groups is 1. The fourth-order valence-corrected chi connectivity index (χ4v) is 7.28. The quantitative estimate of drug-likeness (QED) is 0.666. The van der Waals surface area contributed by atoms with E-state index in [0.717, 1.165) is 58.4 Å². The molecule has 1 aromatic heterocycles. The summed E-state index contributed by atoms with van der Waals surface area (Å²) in [6.45, 7) is 0. The fourth-order valence-electron chi connectivity index (χ4n) is 3.69. The van der Waals surface area contributed by atoms with Gasteiger partial charge in [-0.15, -0.1) is 11.3 Å². The zero-order chi connectivity index (χ0) is 19.9. The number of amides is 1. The Balaban J connectivity index is 1.56. The van der Waals surface area contributed by atoms with Gasteiger partial charge in [0.2, 0.25) is 0 Å². The average molecular weight is 485 g/mol. The zero-order valence-corrected chi connectivity index (χ0v) is 18.4. The van der Waals surface area contributed by atoms with Crippen LogP contribution in [0.3, 0.4) is 0 Å². The lowest BCUT2D eigenvalue weighted by Gasteiger charge is -2.26. The molecular weight excluding hydrogens is 464 g/mol. The Morgan fingerprint density at radius 2 is 1.89 bits per heavy atom. The maximum atomic E-state index is 12.9. The van der Waals surface area contributed by atoms with Gasteiger partial charge in [0.05, 0.1) is 20.0 Å². The van der Waals surface area contributed by atoms with Crippen LogP contribution in [0.5, 0.6) is 0 Å². The number of halogens is 1. The van der Waals surface area contributed by atoms with Gasteiger partial charge in [0.15, 0.2) is 9.84 Å². The standard InChI is InChI=1S/C19H21BrN2O4S2/c20-12-3-8-15(17(9-12)28(24,25)14-6-7-14)16-10-22-18(27-16)11-1-4-13(5-2-11)26-19(21)23/h3,8-11,13-14H,1-2,4-7H2,(H2,21,23). The monoisotopic (exact) mass is 484 g/mol. The number of primary amides is 1. The summed E-state index contributed by atoms with van der Waals surface area (Å²) in [6.07, 6.45) is 5.69. The molecule has 2 saturated carbocycles. The van der Waals surface area contributed by atoms with Gasteiger partial charge >= 0.3 is 6.09 Å². The first-order valence-corrected chi connectivity index (χ1v) is 12.5. The molecule has 4 rings (SSSR count). The van der Waals surface area contributed by atoms with E-state index >= 15 is 0 Å². The highest BCUT2D eigenvalue weighted by atomic mass is 79.9. The summed E-state index contributed by atoms with van der Waals surface area (Å²) in [5.74, 6) is 0.297. The van der Waals surface area contributed by atoms with Crippen LogP contribution >= 0.6 is 27.3 Å². The number of rotatable bonds is 5. The first-order valence-electron chi connectivity index (χ1n) is 9.30. The minimum absolute atomic E-state index is 0.116. The number of nitrogens with zero attached hydrogens (tertiary/aromatic N) is 1. The van der Waals surface area contributed by atoms with Gasteiger partial charge in [0.1, 0.15) is 6.10 Å². The average Bonchev–Trinajstić information content (AvgIpc) is 3.41. The van der Waals surface area contributed by atoms with E-state index in [2.05, 4.69) is 20.9 Å². The molecule has 2 aromatic rings. The van der Waals surface area contributed by atoms with Crippen LogP contribution in [-0.4, -0.2) is 30.8 Å². The Morgan fingerprint density at radius 1 is 1.18 bits per heavy atom. The minimum Gasteiger partial charge on any atom is -0.446 e. The van der Waals surface area contributed by atoms with E-state index in [-0.39, 0.29) is 11.4 Å². The summed E-state index contributed by atoms with van der Waals surface area (Å²) >= 11 is 4.95. The van der Waals surface area contributed by atoms with E-state index in [1.54, 1.807) is 23.6 Å². The predicted molar refractivity (Wildman–Crippen MR) is 111 cm³/mol. The van der Waals surface area contributed by atoms with Crippen molar-refractivity contribution in [3.05, 3.63) is 33.9 Å². The van der Waals surface area contributed by atoms with Gasteiger partial charge in [0, 0.05) is 22.2 Å². The van der Waals surface area contributed by atoms with Crippen molar-refractivity contribution in [1.82, 2.24) is 4.98 Å². The number of ether oxygens (including phenoxy) is 1. The molecule has 9 heteroatoms. The lowest BCUT2D eigenvalue weighted by Crippen LogP contribution is -2.26. The van der Waals surface area contributed by atoms with Gasteiger partial charge in [-0.05, 0) is 50.7 Å². The number of nitrogens with two attached hydrogens (primary N) is 1. The summed E-state index contributed by atoms with van der Waals surface area (Å²) in [6, 6.07) is 5.43. The number of carbonyl (C=O) groups excluding carboxylic acids is 1. The first-order chi connectivity index (χ1) is 13.3. The summed E-state index contributed by atoms with van der Waals surface area (Å²) in [4.78, 5) is 16.8. The third-order valence-electron chi connectivity index (χ3n) is 5.31. The summed E-state index contributed by atoms with van der Waals surface area (Å²) < 4.78 is 31.6. The molecule has 2 N–H and O–H groups in total. The van der Waals surface area contributed by atoms with Crippen molar-refractivity contribution in [1.29, 1.82) is 0 Å². The van der Waals surface area contributed by atoms with Crippen molar-refractivity contribution in [3.63, 3.8) is 0 Å². The van der Waals surface area contributed by atoms with Crippen molar-refractivity contribution in [2.24, 2.45) is 5.73 Å². The van der Waals surface area contributed by atoms with Crippen molar-refractivity contribution in [3.8, 4) is 10.4 Å². The fraction of sp³-hybridized carbons (Fsp3) is 0.474. The van der Waals surface area contributed by atoms with Gasteiger partial charge in [0.25, 0.3) is 0 Å². The van der Waals surface area contributed by atoms with Crippen LogP contribution < -0.4 is 5.73 Å². The van der Waals surface area contributed by atoms with E-state index in [1.165, 1.54) is 0 Å². The molecule has 2 fully saturated rings. The molecule has 0 bridgehead atoms. The molecule has 1 amide bonds. The molecule has 2 aliphatic carbocycles. The van der Waals surface area contributed by atoms with Gasteiger partial charge in [-0.25, -0.2) is 18.2 Å². The molecule has 0 saturated heterocycles. The smallest absolute Gasteiger partial charge is 0.404 e. The Hall–Kier alpha value is -1.45. The number of hydrogen-bond donors (Lipinski definition) is 1. The SMILES string of the molecule is NC(=O)OC1CCC(c2ncc(-c3ccc(Br)cc3S(=O)(=O)C3CC3)s2)CC1. The van der Waals surface area contributed by atoms with E-state index in [0.29, 0.717) is 10.8 Å². The molecule has 0 spiro atoms. The highest BCUT2D eigenvalue weighted by Gasteiger charge is 2.38. The van der Waals surface area contributed by atoms with E-state index in [4.69, 9.17) is 10.5 Å². The third-order valence-corrected chi connectivity index (χ3v) is 9.29. The van der Waals surface area contributed by atoms with Crippen molar-refractivity contribution >= 4 is 43.2 Å². The molecule has 1 aromatic carbocycles. The number of aromatic nitrogens is 1. The molecule has 0 unspecified atom stereocenters. The third kappa shape index (κ3) is 4.11. The predicted octanol–water partition coefficient (Wildman–Crippen LogP) is 4.63. The number of hydrogen-bond acceptors (Lipinski definition) is 6. The van der Waals surface area contributed by atoms with E-state index < -0.39 is 15.9 Å². The molecule has 0 atom stereocenters. The van der Waals surface area contributed by atoms with Gasteiger partial charge < -0.3 is 10.5 Å². The van der Waals surface area contributed by atoms with Crippen molar-refractivity contribution in [2.75, 3.05) is 0 Å². The van der Waals surface area contributed by atoms with Crippen LogP contribution in [0.4, 0.5) is 4.79 Å². The summed E-state index contributed by atoms with van der Waals surface area (Å²) in [5.41, 5.74) is 5.82. The van der Waals surface area contributed by atoms with Crippen LogP contribution in [-0.2, 0) is 14.6 Å². The van der Waals surface area contributed by atoms with E-state index in [9.17, 15) is 13.2 Å². The Bertz CT molecular complexity index is 993. The lowest BCUT2D eigenvalue weighted by atomic mass is 9.88. The van der Waals surface area contributed by atoms with Crippen LogP contribution in [0.2, 0.25) is 0 Å². The lowest BCUT2D eigenvalue weighted by molar-refractivity contribution is 0.0787. The topological polar surface area (TPSA) is 99.3 Å². The second-order valence-electron chi connectivity index (χ2n) is 7.36. The minimum atomic E-state index is -3.31. The Kier molecular flexibility index (Phi) is 5.50. The molecule has 28 heavy (non-hydrogen) atoms. The summed E-state index contributed by atoms with van der Waals surface area (Å²) in [7, 11) is -3.31. The van der Waals surface area contributed by atoms with Crippen molar-refractivity contribution < 1.29 is 17.9 Å². The molecule has 6 nitrogen and oxygen atoms in total. The second kappa shape index (κ2) is 7.76. The second-order valence-corrected chi connectivity index (χ2v) is 11.5. The molecular formula is C19H21BrN2O4S2. The van der Waals surface area contributed by atoms with Gasteiger partial charge in [-0.3, -0.25) is 0 Å². The molecule has 0 radical (unpaired) electrons. The first kappa shape index (κ1) is 19.8. The Labute approximate surface area is 176 Å². The molecule has 150 valence electrons. The van der Waals surface area contributed by atoms with Crippen LogP contribution in [0.1, 0.15) is 49.5 Å². The number of sulfone groups is 1. The largest absolute Gasteiger partial charge is 0.446 e. The van der Waals surface area contributed by atoms with Crippen LogP contribution in [0, 0.1) is 0 Å². The number of thiazole rings is 1.